The fourth-order valence-electron chi connectivity index (χ4n) is 3.75. The maximum Gasteiger partial charge on any atom is 0.241 e. The van der Waals surface area contributed by atoms with Gasteiger partial charge in [0.25, 0.3) is 0 Å². The van der Waals surface area contributed by atoms with E-state index in [1.807, 2.05) is 50.2 Å². The Balaban J connectivity index is 1.51. The van der Waals surface area contributed by atoms with Gasteiger partial charge in [-0.2, -0.15) is 0 Å². The van der Waals surface area contributed by atoms with Crippen molar-refractivity contribution in [2.45, 2.75) is 25.8 Å². The zero-order chi connectivity index (χ0) is 20.9. The van der Waals surface area contributed by atoms with Crippen molar-refractivity contribution in [3.8, 4) is 0 Å². The number of carbonyl (C=O) groups is 1. The molecule has 0 aliphatic rings. The molecule has 30 heavy (non-hydrogen) atoms. The van der Waals surface area contributed by atoms with Crippen molar-refractivity contribution in [1.29, 1.82) is 0 Å². The molecule has 1 aromatic heterocycles. The Hall–Kier alpha value is -3.37. The summed E-state index contributed by atoms with van der Waals surface area (Å²) in [5.74, 6) is 0.0987. The van der Waals surface area contributed by atoms with Gasteiger partial charge in [-0.05, 0) is 43.2 Å². The highest BCUT2D eigenvalue weighted by atomic mass is 16.2. The predicted molar refractivity (Wildman–Crippen MR) is 124 cm³/mol. The molecule has 4 nitrogen and oxygen atoms in total. The Morgan fingerprint density at radius 2 is 1.63 bits per heavy atom. The Morgan fingerprint density at radius 1 is 0.933 bits per heavy atom. The second-order valence-corrected chi connectivity index (χ2v) is 7.74. The minimum absolute atomic E-state index is 0.0374. The van der Waals surface area contributed by atoms with Crippen LogP contribution in [0.2, 0.25) is 0 Å². The number of rotatable bonds is 7. The van der Waals surface area contributed by atoms with Crippen molar-refractivity contribution in [2.75, 3.05) is 11.9 Å². The van der Waals surface area contributed by atoms with E-state index in [0.717, 1.165) is 11.2 Å². The molecule has 0 aliphatic carbocycles. The Bertz CT molecular complexity index is 1120. The van der Waals surface area contributed by atoms with Gasteiger partial charge in [0.1, 0.15) is 0 Å². The Labute approximate surface area is 177 Å². The number of amides is 1. The molecule has 0 saturated carbocycles. The molecule has 0 unspecified atom stereocenters. The minimum atomic E-state index is -0.317. The van der Waals surface area contributed by atoms with E-state index < -0.39 is 0 Å². The number of para-hydroxylation sites is 1. The van der Waals surface area contributed by atoms with E-state index in [-0.39, 0.29) is 17.9 Å². The van der Waals surface area contributed by atoms with E-state index in [2.05, 4.69) is 64.3 Å². The van der Waals surface area contributed by atoms with Crippen molar-refractivity contribution in [2.24, 2.45) is 0 Å². The molecule has 0 bridgehead atoms. The molecular weight excluding hydrogens is 370 g/mol. The van der Waals surface area contributed by atoms with Gasteiger partial charge in [0.2, 0.25) is 5.91 Å². The standard InChI is InChI=1S/C26H27N3O/c1-18-12-14-21(15-13-18)29-26(30)19(2)27-16-23(20-8-4-3-5-9-20)24-17-28-25-11-7-6-10-22(24)25/h3-15,17,19,23,27-28H,16H2,1-2H3,(H,29,30)/t19-,23+/m0/s1. The van der Waals surface area contributed by atoms with Crippen molar-refractivity contribution in [1.82, 2.24) is 10.3 Å². The lowest BCUT2D eigenvalue weighted by Crippen LogP contribution is -2.40. The van der Waals surface area contributed by atoms with Crippen molar-refractivity contribution < 1.29 is 4.79 Å². The molecule has 4 heteroatoms. The Kier molecular flexibility index (Phi) is 5.96. The lowest BCUT2D eigenvalue weighted by molar-refractivity contribution is -0.117. The summed E-state index contributed by atoms with van der Waals surface area (Å²) in [5, 5.41) is 7.64. The van der Waals surface area contributed by atoms with Gasteiger partial charge in [-0.25, -0.2) is 0 Å². The van der Waals surface area contributed by atoms with Gasteiger partial charge in [0, 0.05) is 35.2 Å². The van der Waals surface area contributed by atoms with Gasteiger partial charge in [0.15, 0.2) is 0 Å². The summed E-state index contributed by atoms with van der Waals surface area (Å²) in [4.78, 5) is 16.0. The second-order valence-electron chi connectivity index (χ2n) is 7.74. The van der Waals surface area contributed by atoms with Crippen LogP contribution in [0.15, 0.2) is 85.1 Å². The fourth-order valence-corrected chi connectivity index (χ4v) is 3.75. The molecule has 152 valence electrons. The van der Waals surface area contributed by atoms with Crippen LogP contribution in [-0.2, 0) is 4.79 Å². The molecule has 0 fully saturated rings. The number of aromatic amines is 1. The van der Waals surface area contributed by atoms with Gasteiger partial charge in [-0.1, -0.05) is 66.2 Å². The summed E-state index contributed by atoms with van der Waals surface area (Å²) in [6.07, 6.45) is 2.08. The molecule has 0 aliphatic heterocycles. The molecular formula is C26H27N3O. The number of anilines is 1. The summed E-state index contributed by atoms with van der Waals surface area (Å²) >= 11 is 0. The van der Waals surface area contributed by atoms with E-state index in [4.69, 9.17) is 0 Å². The molecule has 0 spiro atoms. The van der Waals surface area contributed by atoms with Crippen LogP contribution >= 0.6 is 0 Å². The lowest BCUT2D eigenvalue weighted by atomic mass is 9.90. The normalized spacial score (nSPS) is 13.1. The van der Waals surface area contributed by atoms with Crippen molar-refractivity contribution >= 4 is 22.5 Å². The molecule has 4 rings (SSSR count). The van der Waals surface area contributed by atoms with E-state index in [0.29, 0.717) is 6.54 Å². The zero-order valence-corrected chi connectivity index (χ0v) is 17.4. The maximum atomic E-state index is 12.7. The molecule has 0 saturated heterocycles. The quantitative estimate of drug-likeness (QED) is 0.400. The topological polar surface area (TPSA) is 56.9 Å². The third-order valence-electron chi connectivity index (χ3n) is 5.54. The van der Waals surface area contributed by atoms with Crippen LogP contribution in [0.4, 0.5) is 5.69 Å². The number of benzene rings is 3. The first-order chi connectivity index (χ1) is 14.6. The van der Waals surface area contributed by atoms with E-state index in [1.165, 1.54) is 22.1 Å². The molecule has 0 radical (unpaired) electrons. The maximum absolute atomic E-state index is 12.7. The van der Waals surface area contributed by atoms with Crippen LogP contribution in [0.3, 0.4) is 0 Å². The highest BCUT2D eigenvalue weighted by molar-refractivity contribution is 5.94. The largest absolute Gasteiger partial charge is 0.361 e. The number of aryl methyl sites for hydroxylation is 1. The molecule has 2 atom stereocenters. The smallest absolute Gasteiger partial charge is 0.241 e. The van der Waals surface area contributed by atoms with Crippen LogP contribution in [0, 0.1) is 6.92 Å². The lowest BCUT2D eigenvalue weighted by Gasteiger charge is -2.21. The van der Waals surface area contributed by atoms with E-state index in [1.54, 1.807) is 0 Å². The predicted octanol–water partition coefficient (Wildman–Crippen LogP) is 5.23. The van der Waals surface area contributed by atoms with Crippen LogP contribution in [0.5, 0.6) is 0 Å². The fraction of sp³-hybridized carbons (Fsp3) is 0.192. The second kappa shape index (κ2) is 8.97. The van der Waals surface area contributed by atoms with Gasteiger partial charge in [-0.3, -0.25) is 4.79 Å². The summed E-state index contributed by atoms with van der Waals surface area (Å²) in [6, 6.07) is 26.3. The number of nitrogens with one attached hydrogen (secondary N) is 3. The number of hydrogen-bond acceptors (Lipinski definition) is 2. The van der Waals surface area contributed by atoms with Gasteiger partial charge in [-0.15, -0.1) is 0 Å². The average molecular weight is 398 g/mol. The number of aromatic nitrogens is 1. The molecule has 1 amide bonds. The van der Waals surface area contributed by atoms with Gasteiger partial charge < -0.3 is 15.6 Å². The number of H-pyrrole nitrogens is 1. The molecule has 1 heterocycles. The summed E-state index contributed by atoms with van der Waals surface area (Å²) in [6.45, 7) is 4.60. The van der Waals surface area contributed by atoms with Crippen molar-refractivity contribution in [3.63, 3.8) is 0 Å². The summed E-state index contributed by atoms with van der Waals surface area (Å²) < 4.78 is 0. The van der Waals surface area contributed by atoms with Crippen LogP contribution in [-0.4, -0.2) is 23.5 Å². The summed E-state index contributed by atoms with van der Waals surface area (Å²) in [7, 11) is 0. The third kappa shape index (κ3) is 4.44. The number of hydrogen-bond donors (Lipinski definition) is 3. The average Bonchev–Trinajstić information content (AvgIpc) is 3.20. The first-order valence-corrected chi connectivity index (χ1v) is 10.3. The first kappa shape index (κ1) is 19.9. The monoisotopic (exact) mass is 397 g/mol. The van der Waals surface area contributed by atoms with Crippen molar-refractivity contribution in [3.05, 3.63) is 102 Å². The molecule has 3 N–H and O–H groups in total. The zero-order valence-electron chi connectivity index (χ0n) is 17.4. The summed E-state index contributed by atoms with van der Waals surface area (Å²) in [5.41, 5.74) is 5.56. The third-order valence-corrected chi connectivity index (χ3v) is 5.54. The number of carbonyl (C=O) groups excluding carboxylic acids is 1. The molecule has 4 aromatic rings. The highest BCUT2D eigenvalue weighted by Gasteiger charge is 2.20. The highest BCUT2D eigenvalue weighted by Crippen LogP contribution is 2.30. The Morgan fingerprint density at radius 3 is 2.40 bits per heavy atom. The minimum Gasteiger partial charge on any atom is -0.361 e. The van der Waals surface area contributed by atoms with Crippen LogP contribution in [0.25, 0.3) is 10.9 Å². The van der Waals surface area contributed by atoms with Gasteiger partial charge in [0.05, 0.1) is 6.04 Å². The van der Waals surface area contributed by atoms with Crippen LogP contribution < -0.4 is 10.6 Å². The number of fused-ring (bicyclic) bond motifs is 1. The first-order valence-electron chi connectivity index (χ1n) is 10.3. The van der Waals surface area contributed by atoms with E-state index in [9.17, 15) is 4.79 Å². The van der Waals surface area contributed by atoms with Crippen LogP contribution in [0.1, 0.15) is 29.5 Å². The molecule has 3 aromatic carbocycles. The van der Waals surface area contributed by atoms with Gasteiger partial charge >= 0.3 is 0 Å². The van der Waals surface area contributed by atoms with E-state index >= 15 is 0 Å². The SMILES string of the molecule is Cc1ccc(NC(=O)[C@H](C)NC[C@H](c2ccccc2)c2c[nH]c3ccccc23)cc1.